The topological polar surface area (TPSA) is 95.8 Å². The Morgan fingerprint density at radius 2 is 2.41 bits per heavy atom. The van der Waals surface area contributed by atoms with Gasteiger partial charge < -0.3 is 10.6 Å². The van der Waals surface area contributed by atoms with Crippen LogP contribution in [0.4, 0.5) is 0 Å². The Kier molecular flexibility index (Phi) is 5.05. The van der Waals surface area contributed by atoms with Crippen molar-refractivity contribution >= 4 is 39.8 Å². The molecule has 1 aliphatic rings. The summed E-state index contributed by atoms with van der Waals surface area (Å²) >= 11 is 6.79. The average Bonchev–Trinajstić information content (AvgIpc) is 2.75. The molecule has 92 valence electrons. The van der Waals surface area contributed by atoms with Crippen LogP contribution in [0, 0.1) is 5.41 Å². The molecule has 0 unspecified atom stereocenters. The van der Waals surface area contributed by atoms with E-state index in [1.807, 2.05) is 0 Å². The Labute approximate surface area is 108 Å². The number of nitrogens with two attached hydrogens (primary N) is 1. The Balaban J connectivity index is 2.94. The molecule has 0 aromatic heterocycles. The molecule has 6 nitrogen and oxygen atoms in total. The summed E-state index contributed by atoms with van der Waals surface area (Å²) in [6.45, 7) is 3.55. The van der Waals surface area contributed by atoms with Crippen LogP contribution in [0.15, 0.2) is 32.8 Å². The van der Waals surface area contributed by atoms with E-state index in [-0.39, 0.29) is 10.9 Å². The highest BCUT2D eigenvalue weighted by Crippen LogP contribution is 2.21. The minimum atomic E-state index is -0.198. The molecule has 0 radical (unpaired) electrons. The third-order valence-electron chi connectivity index (χ3n) is 1.48. The van der Waals surface area contributed by atoms with Crippen molar-refractivity contribution in [1.82, 2.24) is 5.43 Å². The molecule has 0 spiro atoms. The van der Waals surface area contributed by atoms with Crippen molar-refractivity contribution in [2.45, 2.75) is 13.8 Å². The SMILES string of the molecule is CC(C)=NOC(=CC(=N)Cl)C(N)=C1NN=CS1. The van der Waals surface area contributed by atoms with Gasteiger partial charge in [-0.05, 0) is 13.8 Å². The van der Waals surface area contributed by atoms with Crippen LogP contribution in [0.5, 0.6) is 0 Å². The number of hydrogen-bond donors (Lipinski definition) is 3. The quantitative estimate of drug-likeness (QED) is 0.414. The van der Waals surface area contributed by atoms with Gasteiger partial charge in [0.25, 0.3) is 0 Å². The highest BCUT2D eigenvalue weighted by molar-refractivity contribution is 8.15. The molecule has 0 atom stereocenters. The number of thioether (sulfide) groups is 1. The summed E-state index contributed by atoms with van der Waals surface area (Å²) in [4.78, 5) is 5.12. The Morgan fingerprint density at radius 1 is 1.71 bits per heavy atom. The molecule has 0 amide bonds. The van der Waals surface area contributed by atoms with Crippen LogP contribution in [0.3, 0.4) is 0 Å². The molecule has 0 aromatic rings. The predicted molar refractivity (Wildman–Crippen MR) is 72.0 cm³/mol. The minimum Gasteiger partial charge on any atom is -0.393 e. The van der Waals surface area contributed by atoms with Crippen molar-refractivity contribution in [3.05, 3.63) is 22.6 Å². The first-order valence-corrected chi connectivity index (χ1v) is 5.84. The second-order valence-electron chi connectivity index (χ2n) is 3.19. The van der Waals surface area contributed by atoms with Gasteiger partial charge in [-0.25, -0.2) is 0 Å². The smallest absolute Gasteiger partial charge is 0.186 e. The third kappa shape index (κ3) is 4.49. The largest absolute Gasteiger partial charge is 0.393 e. The first kappa shape index (κ1) is 13.6. The van der Waals surface area contributed by atoms with Crippen LogP contribution in [0.2, 0.25) is 0 Å². The van der Waals surface area contributed by atoms with Crippen LogP contribution in [-0.2, 0) is 4.84 Å². The van der Waals surface area contributed by atoms with Gasteiger partial charge in [-0.2, -0.15) is 5.10 Å². The number of nitrogens with zero attached hydrogens (tertiary/aromatic N) is 2. The maximum absolute atomic E-state index is 7.20. The lowest BCUT2D eigenvalue weighted by Crippen LogP contribution is -2.12. The number of halogens is 1. The fraction of sp³-hybridized carbons (Fsp3) is 0.222. The van der Waals surface area contributed by atoms with Crippen LogP contribution >= 0.6 is 23.4 Å². The molecule has 0 aliphatic carbocycles. The van der Waals surface area contributed by atoms with E-state index in [1.165, 1.54) is 17.8 Å². The summed E-state index contributed by atoms with van der Waals surface area (Å²) < 4.78 is 0. The highest BCUT2D eigenvalue weighted by Gasteiger charge is 2.14. The fourth-order valence-electron chi connectivity index (χ4n) is 0.835. The maximum Gasteiger partial charge on any atom is 0.186 e. The van der Waals surface area contributed by atoms with Gasteiger partial charge in [0.1, 0.15) is 15.9 Å². The maximum atomic E-state index is 7.20. The molecule has 17 heavy (non-hydrogen) atoms. The Hall–Kier alpha value is -1.47. The van der Waals surface area contributed by atoms with Crippen LogP contribution in [-0.4, -0.2) is 16.4 Å². The zero-order valence-corrected chi connectivity index (χ0v) is 10.9. The summed E-state index contributed by atoms with van der Waals surface area (Å²) in [5, 5.41) is 15.2. The van der Waals surface area contributed by atoms with Gasteiger partial charge in [0.2, 0.25) is 0 Å². The molecule has 0 bridgehead atoms. The molecule has 0 saturated heterocycles. The zero-order chi connectivity index (χ0) is 12.8. The summed E-state index contributed by atoms with van der Waals surface area (Å²) in [5.74, 6) is 0.201. The lowest BCUT2D eigenvalue weighted by Gasteiger charge is -2.07. The van der Waals surface area contributed by atoms with Crippen molar-refractivity contribution < 1.29 is 4.84 Å². The number of nitrogens with one attached hydrogen (secondary N) is 2. The summed E-state index contributed by atoms with van der Waals surface area (Å²) in [5.41, 5.74) is 11.2. The molecule has 1 rings (SSSR count). The van der Waals surface area contributed by atoms with Crippen LogP contribution < -0.4 is 11.2 Å². The lowest BCUT2D eigenvalue weighted by atomic mass is 10.3. The van der Waals surface area contributed by atoms with Crippen molar-refractivity contribution in [1.29, 1.82) is 5.41 Å². The highest BCUT2D eigenvalue weighted by atomic mass is 35.5. The van der Waals surface area contributed by atoms with Crippen molar-refractivity contribution in [3.63, 3.8) is 0 Å². The standard InChI is InChI=1S/C9H12ClN5OS/c1-5(2)15-16-6(3-7(10)11)8(12)9-14-13-4-17-9/h3-4,11,14H,12H2,1-2H3. The fourth-order valence-corrected chi connectivity index (χ4v) is 1.48. The van der Waals surface area contributed by atoms with E-state index >= 15 is 0 Å². The van der Waals surface area contributed by atoms with E-state index in [9.17, 15) is 0 Å². The molecule has 0 saturated carbocycles. The van der Waals surface area contributed by atoms with Crippen LogP contribution in [0.1, 0.15) is 13.8 Å². The molecular formula is C9H12ClN5OS. The normalized spacial score (nSPS) is 17.5. The van der Waals surface area contributed by atoms with E-state index < -0.39 is 0 Å². The lowest BCUT2D eigenvalue weighted by molar-refractivity contribution is 0.235. The second-order valence-corrected chi connectivity index (χ2v) is 4.46. The Morgan fingerprint density at radius 3 is 2.88 bits per heavy atom. The summed E-state index contributed by atoms with van der Waals surface area (Å²) in [6.07, 6.45) is 1.27. The number of allylic oxidation sites excluding steroid dienone is 1. The van der Waals surface area contributed by atoms with Gasteiger partial charge in [-0.3, -0.25) is 10.8 Å². The van der Waals surface area contributed by atoms with Gasteiger partial charge in [0, 0.05) is 6.08 Å². The van der Waals surface area contributed by atoms with Gasteiger partial charge in [-0.15, -0.1) is 0 Å². The van der Waals surface area contributed by atoms with Gasteiger partial charge in [0.15, 0.2) is 5.76 Å². The second kappa shape index (κ2) is 6.31. The molecule has 0 fully saturated rings. The molecule has 4 N–H and O–H groups in total. The molecule has 0 aromatic carbocycles. The zero-order valence-electron chi connectivity index (χ0n) is 9.32. The predicted octanol–water partition coefficient (Wildman–Crippen LogP) is 1.91. The van der Waals surface area contributed by atoms with Crippen molar-refractivity contribution in [2.75, 3.05) is 0 Å². The van der Waals surface area contributed by atoms with Crippen molar-refractivity contribution in [2.24, 2.45) is 16.0 Å². The summed E-state index contributed by atoms with van der Waals surface area (Å²) in [6, 6.07) is 0. The van der Waals surface area contributed by atoms with Crippen LogP contribution in [0.25, 0.3) is 0 Å². The van der Waals surface area contributed by atoms with Gasteiger partial charge in [0.05, 0.1) is 11.3 Å². The molecule has 1 heterocycles. The van der Waals surface area contributed by atoms with Gasteiger partial charge >= 0.3 is 0 Å². The van der Waals surface area contributed by atoms with E-state index in [1.54, 1.807) is 19.4 Å². The van der Waals surface area contributed by atoms with Gasteiger partial charge in [-0.1, -0.05) is 28.5 Å². The average molecular weight is 274 g/mol. The molecule has 8 heteroatoms. The number of oxime groups is 1. The molecular weight excluding hydrogens is 262 g/mol. The minimum absolute atomic E-state index is 0.198. The molecule has 1 aliphatic heterocycles. The first-order chi connectivity index (χ1) is 8.00. The monoisotopic (exact) mass is 273 g/mol. The van der Waals surface area contributed by atoms with E-state index in [0.29, 0.717) is 10.7 Å². The van der Waals surface area contributed by atoms with E-state index in [4.69, 9.17) is 27.6 Å². The summed E-state index contributed by atoms with van der Waals surface area (Å²) in [7, 11) is 0. The number of hydrazone groups is 1. The van der Waals surface area contributed by atoms with Crippen molar-refractivity contribution in [3.8, 4) is 0 Å². The first-order valence-electron chi connectivity index (χ1n) is 4.59. The third-order valence-corrected chi connectivity index (χ3v) is 2.35. The van der Waals surface area contributed by atoms with E-state index in [0.717, 1.165) is 5.71 Å². The number of hydrogen-bond acceptors (Lipinski definition) is 7. The number of rotatable bonds is 4. The Bertz CT molecular complexity index is 427. The van der Waals surface area contributed by atoms with E-state index in [2.05, 4.69) is 15.7 Å².